The Morgan fingerprint density at radius 2 is 2.03 bits per heavy atom. The molecule has 2 unspecified atom stereocenters. The van der Waals surface area contributed by atoms with E-state index in [1.807, 2.05) is 36.2 Å². The molecule has 2 aliphatic rings. The molecule has 7 heteroatoms. The minimum absolute atomic E-state index is 0.0122. The number of hydrogen-bond acceptors (Lipinski definition) is 4. The lowest BCUT2D eigenvalue weighted by molar-refractivity contribution is 0.180. The second-order valence-electron chi connectivity index (χ2n) is 7.66. The van der Waals surface area contributed by atoms with Crippen LogP contribution in [0.3, 0.4) is 0 Å². The Bertz CT molecular complexity index is 1080. The standard InChI is InChI=1S/C23H22F2N4S/c1-2-20-22(28-23(30-20)14-5-4-9-26-12-14)29-10-8-18-15(13-29)11-19(27-18)21-16(24)6-3-7-17(21)25/h3-7,9,11-12,20,22,27H,2,8,10,13H2,1H3. The fourth-order valence-corrected chi connectivity index (χ4v) is 5.49. The van der Waals surface area contributed by atoms with Crippen molar-refractivity contribution in [3.63, 3.8) is 0 Å². The molecule has 4 nitrogen and oxygen atoms in total. The van der Waals surface area contributed by atoms with Gasteiger partial charge in [0.25, 0.3) is 0 Å². The number of rotatable bonds is 4. The highest BCUT2D eigenvalue weighted by atomic mass is 32.2. The number of hydrogen-bond donors (Lipinski definition) is 1. The fraction of sp³-hybridized carbons (Fsp3) is 0.304. The average molecular weight is 425 g/mol. The smallest absolute Gasteiger partial charge is 0.135 e. The molecule has 0 amide bonds. The number of benzene rings is 1. The number of fused-ring (bicyclic) bond motifs is 1. The van der Waals surface area contributed by atoms with Crippen molar-refractivity contribution in [2.75, 3.05) is 6.54 Å². The predicted octanol–water partition coefficient (Wildman–Crippen LogP) is 5.01. The molecule has 5 rings (SSSR count). The van der Waals surface area contributed by atoms with E-state index in [1.54, 1.807) is 6.20 Å². The van der Waals surface area contributed by atoms with Gasteiger partial charge in [0.1, 0.15) is 22.8 Å². The summed E-state index contributed by atoms with van der Waals surface area (Å²) >= 11 is 1.81. The van der Waals surface area contributed by atoms with Crippen molar-refractivity contribution < 1.29 is 8.78 Å². The first-order chi connectivity index (χ1) is 14.6. The molecule has 2 aliphatic heterocycles. The van der Waals surface area contributed by atoms with Crippen molar-refractivity contribution in [2.45, 2.75) is 37.7 Å². The molecule has 0 fully saturated rings. The van der Waals surface area contributed by atoms with Gasteiger partial charge in [-0.1, -0.05) is 24.8 Å². The number of aromatic nitrogens is 2. The Hall–Kier alpha value is -2.51. The van der Waals surface area contributed by atoms with Gasteiger partial charge in [0.2, 0.25) is 0 Å². The van der Waals surface area contributed by atoms with Gasteiger partial charge in [-0.15, -0.1) is 0 Å². The maximum Gasteiger partial charge on any atom is 0.135 e. The molecule has 0 aliphatic carbocycles. The number of aliphatic imine (C=N–C) groups is 1. The van der Waals surface area contributed by atoms with E-state index in [0.29, 0.717) is 17.5 Å². The number of aromatic amines is 1. The Labute approximate surface area is 178 Å². The lowest BCUT2D eigenvalue weighted by Gasteiger charge is -2.33. The zero-order valence-electron chi connectivity index (χ0n) is 16.6. The first-order valence-electron chi connectivity index (χ1n) is 10.2. The highest BCUT2D eigenvalue weighted by Gasteiger charge is 2.36. The van der Waals surface area contributed by atoms with Gasteiger partial charge in [-0.3, -0.25) is 14.9 Å². The van der Waals surface area contributed by atoms with Crippen LogP contribution in [0.2, 0.25) is 0 Å². The SMILES string of the molecule is CCC1SC(c2cccnc2)=NC1N1CCc2[nH]c(-c3c(F)cccc3F)cc2C1. The van der Waals surface area contributed by atoms with Crippen LogP contribution < -0.4 is 0 Å². The monoisotopic (exact) mass is 424 g/mol. The Morgan fingerprint density at radius 1 is 1.20 bits per heavy atom. The molecule has 0 spiro atoms. The summed E-state index contributed by atoms with van der Waals surface area (Å²) in [5, 5.41) is 1.41. The maximum atomic E-state index is 14.2. The molecule has 0 saturated heterocycles. The summed E-state index contributed by atoms with van der Waals surface area (Å²) in [6, 6.07) is 9.84. The minimum Gasteiger partial charge on any atom is -0.358 e. The Morgan fingerprint density at radius 3 is 2.77 bits per heavy atom. The first kappa shape index (κ1) is 19.5. The molecule has 3 aromatic rings. The molecule has 154 valence electrons. The number of halogens is 2. The quantitative estimate of drug-likeness (QED) is 0.640. The number of pyridine rings is 1. The van der Waals surface area contributed by atoms with Crippen molar-refractivity contribution in [3.05, 3.63) is 77.2 Å². The summed E-state index contributed by atoms with van der Waals surface area (Å²) in [5.41, 5.74) is 3.71. The topological polar surface area (TPSA) is 44.3 Å². The molecule has 2 atom stereocenters. The number of H-pyrrole nitrogens is 1. The van der Waals surface area contributed by atoms with E-state index in [4.69, 9.17) is 4.99 Å². The van der Waals surface area contributed by atoms with Crippen LogP contribution in [0.15, 0.2) is 53.8 Å². The van der Waals surface area contributed by atoms with E-state index in [9.17, 15) is 8.78 Å². The van der Waals surface area contributed by atoms with Gasteiger partial charge in [0, 0.05) is 48.4 Å². The molecule has 1 N–H and O–H groups in total. The van der Waals surface area contributed by atoms with Crippen LogP contribution in [0.5, 0.6) is 0 Å². The van der Waals surface area contributed by atoms with Gasteiger partial charge in [-0.2, -0.15) is 0 Å². The molecule has 2 aromatic heterocycles. The molecule has 1 aromatic carbocycles. The molecule has 4 heterocycles. The van der Waals surface area contributed by atoms with Crippen LogP contribution in [0.1, 0.15) is 30.2 Å². The van der Waals surface area contributed by atoms with Crippen molar-refractivity contribution in [1.82, 2.24) is 14.9 Å². The third-order valence-corrected chi connectivity index (χ3v) is 7.22. The minimum atomic E-state index is -0.547. The summed E-state index contributed by atoms with van der Waals surface area (Å²) in [7, 11) is 0. The van der Waals surface area contributed by atoms with Gasteiger partial charge >= 0.3 is 0 Å². The van der Waals surface area contributed by atoms with Gasteiger partial charge in [-0.05, 0) is 42.3 Å². The second-order valence-corrected chi connectivity index (χ2v) is 8.89. The summed E-state index contributed by atoms with van der Waals surface area (Å²) in [5.74, 6) is -1.09. The number of nitrogens with one attached hydrogen (secondary N) is 1. The molecule has 0 bridgehead atoms. The van der Waals surface area contributed by atoms with E-state index in [2.05, 4.69) is 21.8 Å². The van der Waals surface area contributed by atoms with Crippen molar-refractivity contribution >= 4 is 16.8 Å². The fourth-order valence-electron chi connectivity index (χ4n) is 4.25. The molecule has 0 radical (unpaired) electrons. The highest BCUT2D eigenvalue weighted by molar-refractivity contribution is 8.15. The van der Waals surface area contributed by atoms with E-state index < -0.39 is 11.6 Å². The van der Waals surface area contributed by atoms with Crippen LogP contribution in [-0.2, 0) is 13.0 Å². The lowest BCUT2D eigenvalue weighted by Crippen LogP contribution is -2.42. The summed E-state index contributed by atoms with van der Waals surface area (Å²) in [4.78, 5) is 14.9. The summed E-state index contributed by atoms with van der Waals surface area (Å²) < 4.78 is 28.5. The van der Waals surface area contributed by atoms with E-state index in [0.717, 1.165) is 41.3 Å². The Kier molecular flexibility index (Phi) is 5.16. The molecule has 0 saturated carbocycles. The third kappa shape index (κ3) is 3.46. The van der Waals surface area contributed by atoms with Crippen LogP contribution in [0, 0.1) is 11.6 Å². The van der Waals surface area contributed by atoms with E-state index >= 15 is 0 Å². The first-order valence-corrected chi connectivity index (χ1v) is 11.1. The zero-order chi connectivity index (χ0) is 20.7. The van der Waals surface area contributed by atoms with Crippen molar-refractivity contribution in [2.24, 2.45) is 4.99 Å². The predicted molar refractivity (Wildman–Crippen MR) is 116 cm³/mol. The average Bonchev–Trinajstić information content (AvgIpc) is 3.38. The maximum absolute atomic E-state index is 14.2. The van der Waals surface area contributed by atoms with E-state index in [-0.39, 0.29) is 11.7 Å². The van der Waals surface area contributed by atoms with Crippen LogP contribution >= 0.6 is 11.8 Å². The largest absolute Gasteiger partial charge is 0.358 e. The van der Waals surface area contributed by atoms with Crippen LogP contribution in [-0.4, -0.2) is 37.9 Å². The summed E-state index contributed by atoms with van der Waals surface area (Å²) in [6.07, 6.45) is 5.54. The summed E-state index contributed by atoms with van der Waals surface area (Å²) in [6.45, 7) is 3.77. The second kappa shape index (κ2) is 7.96. The van der Waals surface area contributed by atoms with E-state index in [1.165, 1.54) is 18.2 Å². The van der Waals surface area contributed by atoms with Crippen LogP contribution in [0.4, 0.5) is 8.78 Å². The van der Waals surface area contributed by atoms with Gasteiger partial charge in [0.05, 0.1) is 11.3 Å². The van der Waals surface area contributed by atoms with Crippen LogP contribution in [0.25, 0.3) is 11.3 Å². The normalized spacial score (nSPS) is 21.5. The third-order valence-electron chi connectivity index (χ3n) is 5.78. The molecular weight excluding hydrogens is 402 g/mol. The van der Waals surface area contributed by atoms with Crippen molar-refractivity contribution in [3.8, 4) is 11.3 Å². The van der Waals surface area contributed by atoms with Gasteiger partial charge < -0.3 is 4.98 Å². The lowest BCUT2D eigenvalue weighted by atomic mass is 10.1. The highest BCUT2D eigenvalue weighted by Crippen LogP contribution is 2.37. The zero-order valence-corrected chi connectivity index (χ0v) is 17.4. The van der Waals surface area contributed by atoms with Gasteiger partial charge in [0.15, 0.2) is 0 Å². The molecule has 30 heavy (non-hydrogen) atoms. The Balaban J connectivity index is 1.42. The number of nitrogens with zero attached hydrogens (tertiary/aromatic N) is 3. The number of thioether (sulfide) groups is 1. The molecular formula is C23H22F2N4S. The van der Waals surface area contributed by atoms with Crippen molar-refractivity contribution in [1.29, 1.82) is 0 Å². The van der Waals surface area contributed by atoms with Gasteiger partial charge in [-0.25, -0.2) is 8.78 Å².